The Bertz CT molecular complexity index is 495. The molecule has 4 heteroatoms. The number of rotatable bonds is 3. The van der Waals surface area contributed by atoms with Gasteiger partial charge in [0.15, 0.2) is 6.61 Å². The van der Waals surface area contributed by atoms with Gasteiger partial charge in [0.1, 0.15) is 5.75 Å². The van der Waals surface area contributed by atoms with Crippen molar-refractivity contribution in [3.05, 3.63) is 18.2 Å². The molecule has 1 aromatic rings. The van der Waals surface area contributed by atoms with E-state index < -0.39 is 0 Å². The molecule has 1 saturated carbocycles. The summed E-state index contributed by atoms with van der Waals surface area (Å²) in [6, 6.07) is 6.38. The second kappa shape index (κ2) is 5.73. The highest BCUT2D eigenvalue weighted by molar-refractivity contribution is 5.96. The number of carbonyl (C=O) groups is 1. The summed E-state index contributed by atoms with van der Waals surface area (Å²) < 4.78 is 5.37. The summed E-state index contributed by atoms with van der Waals surface area (Å²) in [5, 5.41) is 6.42. The van der Waals surface area contributed by atoms with Crippen LogP contribution in [0.4, 0.5) is 11.4 Å². The predicted octanol–water partition coefficient (Wildman–Crippen LogP) is 3.40. The number of anilines is 2. The van der Waals surface area contributed by atoms with Crippen LogP contribution in [0, 0.1) is 5.92 Å². The van der Waals surface area contributed by atoms with Crippen LogP contribution in [0.2, 0.25) is 0 Å². The van der Waals surface area contributed by atoms with Crippen molar-refractivity contribution in [1.82, 2.24) is 0 Å². The maximum Gasteiger partial charge on any atom is 0.262 e. The maximum atomic E-state index is 11.4. The summed E-state index contributed by atoms with van der Waals surface area (Å²) in [6.45, 7) is 2.36. The number of carbonyl (C=O) groups excluding carboxylic acids is 1. The first kappa shape index (κ1) is 13.3. The van der Waals surface area contributed by atoms with Crippen LogP contribution in [0.15, 0.2) is 18.2 Å². The lowest BCUT2D eigenvalue weighted by atomic mass is 9.84. The third-order valence-electron chi connectivity index (χ3n) is 4.36. The number of hydrogen-bond acceptors (Lipinski definition) is 3. The van der Waals surface area contributed by atoms with Gasteiger partial charge in [0, 0.05) is 11.7 Å². The van der Waals surface area contributed by atoms with E-state index in [-0.39, 0.29) is 12.5 Å². The number of hydrogen-bond donors (Lipinski definition) is 2. The molecule has 1 atom stereocenters. The lowest BCUT2D eigenvalue weighted by Gasteiger charge is -2.29. The first-order valence-electron chi connectivity index (χ1n) is 7.55. The van der Waals surface area contributed by atoms with Gasteiger partial charge in [-0.05, 0) is 43.9 Å². The lowest BCUT2D eigenvalue weighted by molar-refractivity contribution is -0.118. The van der Waals surface area contributed by atoms with E-state index in [2.05, 4.69) is 17.6 Å². The van der Waals surface area contributed by atoms with E-state index in [1.54, 1.807) is 0 Å². The molecule has 1 aliphatic heterocycles. The zero-order valence-electron chi connectivity index (χ0n) is 11.9. The van der Waals surface area contributed by atoms with Gasteiger partial charge < -0.3 is 15.4 Å². The van der Waals surface area contributed by atoms with Crippen LogP contribution in [0.1, 0.15) is 39.0 Å². The zero-order chi connectivity index (χ0) is 13.9. The van der Waals surface area contributed by atoms with E-state index in [4.69, 9.17) is 4.74 Å². The second-order valence-electron chi connectivity index (χ2n) is 5.88. The van der Waals surface area contributed by atoms with Crippen molar-refractivity contribution in [2.24, 2.45) is 5.92 Å². The van der Waals surface area contributed by atoms with Crippen LogP contribution in [-0.2, 0) is 4.79 Å². The normalized spacial score (nSPS) is 20.6. The Morgan fingerprint density at radius 1 is 1.30 bits per heavy atom. The average molecular weight is 274 g/mol. The van der Waals surface area contributed by atoms with Gasteiger partial charge in [-0.15, -0.1) is 0 Å². The molecule has 3 rings (SSSR count). The molecule has 1 aromatic carbocycles. The van der Waals surface area contributed by atoms with Crippen molar-refractivity contribution < 1.29 is 9.53 Å². The molecule has 0 spiro atoms. The van der Waals surface area contributed by atoms with E-state index in [1.807, 2.05) is 18.2 Å². The topological polar surface area (TPSA) is 50.4 Å². The summed E-state index contributed by atoms with van der Waals surface area (Å²) in [4.78, 5) is 11.4. The Balaban J connectivity index is 1.68. The van der Waals surface area contributed by atoms with Gasteiger partial charge in [0.05, 0.1) is 5.69 Å². The lowest BCUT2D eigenvalue weighted by Crippen LogP contribution is -2.28. The van der Waals surface area contributed by atoms with E-state index in [0.717, 1.165) is 23.0 Å². The quantitative estimate of drug-likeness (QED) is 0.888. The van der Waals surface area contributed by atoms with E-state index in [0.29, 0.717) is 6.04 Å². The fraction of sp³-hybridized carbons (Fsp3) is 0.562. The van der Waals surface area contributed by atoms with Gasteiger partial charge in [-0.3, -0.25) is 4.79 Å². The van der Waals surface area contributed by atoms with Crippen molar-refractivity contribution in [3.8, 4) is 5.75 Å². The van der Waals surface area contributed by atoms with Crippen LogP contribution < -0.4 is 15.4 Å². The highest BCUT2D eigenvalue weighted by Gasteiger charge is 2.21. The average Bonchev–Trinajstić information content (AvgIpc) is 2.47. The predicted molar refractivity (Wildman–Crippen MR) is 80.2 cm³/mol. The Labute approximate surface area is 119 Å². The summed E-state index contributed by atoms with van der Waals surface area (Å²) in [6.07, 6.45) is 6.72. The Kier molecular flexibility index (Phi) is 3.81. The fourth-order valence-electron chi connectivity index (χ4n) is 3.19. The minimum absolute atomic E-state index is 0.0880. The van der Waals surface area contributed by atoms with Crippen LogP contribution >= 0.6 is 0 Å². The Hall–Kier alpha value is -1.71. The van der Waals surface area contributed by atoms with Gasteiger partial charge in [0.2, 0.25) is 0 Å². The van der Waals surface area contributed by atoms with Gasteiger partial charge in [-0.25, -0.2) is 0 Å². The number of fused-ring (bicyclic) bond motifs is 1. The van der Waals surface area contributed by atoms with Crippen molar-refractivity contribution in [3.63, 3.8) is 0 Å². The largest absolute Gasteiger partial charge is 0.482 e. The van der Waals surface area contributed by atoms with Crippen molar-refractivity contribution >= 4 is 17.3 Å². The van der Waals surface area contributed by atoms with Gasteiger partial charge >= 0.3 is 0 Å². The minimum atomic E-state index is -0.0880. The van der Waals surface area contributed by atoms with Crippen molar-refractivity contribution in [2.45, 2.75) is 45.1 Å². The molecule has 1 fully saturated rings. The monoisotopic (exact) mass is 274 g/mol. The number of ether oxygens (including phenoxy) is 1. The van der Waals surface area contributed by atoms with Crippen LogP contribution in [-0.4, -0.2) is 18.6 Å². The molecule has 20 heavy (non-hydrogen) atoms. The van der Waals surface area contributed by atoms with E-state index >= 15 is 0 Å². The summed E-state index contributed by atoms with van der Waals surface area (Å²) in [5.41, 5.74) is 1.81. The molecule has 1 heterocycles. The second-order valence-corrected chi connectivity index (χ2v) is 5.88. The Morgan fingerprint density at radius 3 is 2.90 bits per heavy atom. The van der Waals surface area contributed by atoms with Gasteiger partial charge in [-0.1, -0.05) is 19.3 Å². The van der Waals surface area contributed by atoms with E-state index in [9.17, 15) is 4.79 Å². The molecule has 1 aliphatic carbocycles. The minimum Gasteiger partial charge on any atom is -0.482 e. The standard InChI is InChI=1S/C16H22N2O2/c1-11(12-5-3-2-4-6-12)17-13-7-8-15-14(9-13)18-16(19)10-20-15/h7-9,11-12,17H,2-6,10H2,1H3,(H,18,19). The SMILES string of the molecule is CC(Nc1ccc2c(c1)NC(=O)CO2)C1CCCCC1. The zero-order valence-corrected chi connectivity index (χ0v) is 11.9. The molecule has 2 N–H and O–H groups in total. The van der Waals surface area contributed by atoms with Gasteiger partial charge in [0.25, 0.3) is 5.91 Å². The van der Waals surface area contributed by atoms with Crippen molar-refractivity contribution in [2.75, 3.05) is 17.2 Å². The molecule has 0 radical (unpaired) electrons. The number of amides is 1. The highest BCUT2D eigenvalue weighted by Crippen LogP contribution is 2.32. The third kappa shape index (κ3) is 2.89. The molecule has 4 nitrogen and oxygen atoms in total. The summed E-state index contributed by atoms with van der Waals surface area (Å²) in [5.74, 6) is 1.42. The molecule has 2 aliphatic rings. The van der Waals surface area contributed by atoms with E-state index in [1.165, 1.54) is 32.1 Å². The molecule has 1 amide bonds. The molecule has 0 bridgehead atoms. The molecule has 0 saturated heterocycles. The summed E-state index contributed by atoms with van der Waals surface area (Å²) in [7, 11) is 0. The summed E-state index contributed by atoms with van der Waals surface area (Å²) >= 11 is 0. The fourth-order valence-corrected chi connectivity index (χ4v) is 3.19. The molecule has 0 aromatic heterocycles. The first-order chi connectivity index (χ1) is 9.72. The molecule has 108 valence electrons. The van der Waals surface area contributed by atoms with Crippen LogP contribution in [0.3, 0.4) is 0 Å². The van der Waals surface area contributed by atoms with Crippen LogP contribution in [0.25, 0.3) is 0 Å². The molecule has 1 unspecified atom stereocenters. The van der Waals surface area contributed by atoms with Gasteiger partial charge in [-0.2, -0.15) is 0 Å². The molecular weight excluding hydrogens is 252 g/mol. The number of nitrogens with one attached hydrogen (secondary N) is 2. The Morgan fingerprint density at radius 2 is 2.10 bits per heavy atom. The van der Waals surface area contributed by atoms with Crippen LogP contribution in [0.5, 0.6) is 5.75 Å². The molecular formula is C16H22N2O2. The first-order valence-corrected chi connectivity index (χ1v) is 7.55. The number of benzene rings is 1. The third-order valence-corrected chi connectivity index (χ3v) is 4.36. The van der Waals surface area contributed by atoms with Crippen molar-refractivity contribution in [1.29, 1.82) is 0 Å². The smallest absolute Gasteiger partial charge is 0.262 e. The maximum absolute atomic E-state index is 11.4. The highest BCUT2D eigenvalue weighted by atomic mass is 16.5.